The maximum absolute atomic E-state index is 9.03. The number of benzene rings is 1. The van der Waals surface area contributed by atoms with E-state index in [-0.39, 0.29) is 5.92 Å². The minimum absolute atomic E-state index is 0.182. The van der Waals surface area contributed by atoms with Crippen molar-refractivity contribution in [2.75, 3.05) is 20.1 Å². The van der Waals surface area contributed by atoms with Crippen molar-refractivity contribution in [3.8, 4) is 6.07 Å². The first-order valence-electron chi connectivity index (χ1n) is 9.61. The number of hydrogen-bond acceptors (Lipinski definition) is 1. The molecule has 3 heteroatoms. The van der Waals surface area contributed by atoms with E-state index in [1.54, 1.807) is 9.80 Å². The van der Waals surface area contributed by atoms with Gasteiger partial charge in [0.1, 0.15) is 12.6 Å². The van der Waals surface area contributed by atoms with Gasteiger partial charge in [-0.25, -0.2) is 0 Å². The highest BCUT2D eigenvalue weighted by atomic mass is 15.2. The molecule has 0 radical (unpaired) electrons. The Morgan fingerprint density at radius 2 is 2.00 bits per heavy atom. The predicted molar refractivity (Wildman–Crippen MR) is 98.8 cm³/mol. The van der Waals surface area contributed by atoms with Crippen molar-refractivity contribution in [3.63, 3.8) is 0 Å². The maximum Gasteiger partial charge on any atom is 0.103 e. The highest BCUT2D eigenvalue weighted by Gasteiger charge is 2.38. The zero-order valence-corrected chi connectivity index (χ0v) is 15.9. The molecule has 0 spiro atoms. The minimum atomic E-state index is 0.182. The summed E-state index contributed by atoms with van der Waals surface area (Å²) in [7, 11) is 2.34. The van der Waals surface area contributed by atoms with Crippen molar-refractivity contribution in [2.45, 2.75) is 58.7 Å². The Morgan fingerprint density at radius 3 is 2.67 bits per heavy atom. The van der Waals surface area contributed by atoms with Crippen LogP contribution in [-0.4, -0.2) is 32.2 Å². The van der Waals surface area contributed by atoms with E-state index < -0.39 is 0 Å². The van der Waals surface area contributed by atoms with Gasteiger partial charge in [-0.05, 0) is 26.7 Å². The zero-order chi connectivity index (χ0) is 17.5. The summed E-state index contributed by atoms with van der Waals surface area (Å²) < 4.78 is 0. The van der Waals surface area contributed by atoms with Crippen LogP contribution in [0, 0.1) is 23.2 Å². The van der Waals surface area contributed by atoms with Gasteiger partial charge >= 0.3 is 0 Å². The Bertz CT molecular complexity index is 522. The molecule has 1 aliphatic rings. The van der Waals surface area contributed by atoms with Crippen LogP contribution < -0.4 is 9.80 Å². The lowest BCUT2D eigenvalue weighted by Crippen LogP contribution is -3.22. The Morgan fingerprint density at radius 1 is 1.29 bits per heavy atom. The van der Waals surface area contributed by atoms with Crippen LogP contribution in [0.1, 0.15) is 45.6 Å². The fraction of sp³-hybridized carbons (Fsp3) is 0.667. The van der Waals surface area contributed by atoms with Gasteiger partial charge in [0.05, 0.1) is 44.6 Å². The van der Waals surface area contributed by atoms with E-state index in [2.05, 4.69) is 57.3 Å². The van der Waals surface area contributed by atoms with E-state index in [9.17, 15) is 0 Å². The molecular weight excluding hydrogens is 294 g/mol. The number of likely N-dealkylation sites (tertiary alicyclic amines) is 1. The smallest absolute Gasteiger partial charge is 0.103 e. The summed E-state index contributed by atoms with van der Waals surface area (Å²) >= 11 is 0. The highest BCUT2D eigenvalue weighted by molar-refractivity contribution is 5.13. The van der Waals surface area contributed by atoms with E-state index in [1.165, 1.54) is 25.1 Å². The molecule has 132 valence electrons. The first kappa shape index (κ1) is 19.0. The topological polar surface area (TPSA) is 32.7 Å². The molecule has 1 saturated heterocycles. The Labute approximate surface area is 148 Å². The van der Waals surface area contributed by atoms with Gasteiger partial charge in [0.2, 0.25) is 0 Å². The number of piperidine rings is 1. The molecule has 1 aromatic carbocycles. The maximum atomic E-state index is 9.03. The quantitative estimate of drug-likeness (QED) is 0.777. The largest absolute Gasteiger partial charge is 0.335 e. The first-order valence-corrected chi connectivity index (χ1v) is 9.61. The van der Waals surface area contributed by atoms with Gasteiger partial charge in [0.25, 0.3) is 0 Å². The summed E-state index contributed by atoms with van der Waals surface area (Å²) in [5, 5.41) is 9.03. The van der Waals surface area contributed by atoms with Gasteiger partial charge in [0.15, 0.2) is 0 Å². The van der Waals surface area contributed by atoms with Gasteiger partial charge in [-0.15, -0.1) is 0 Å². The standard InChI is InChI=1S/C21H33N3/c1-17(14-22)9-8-12-24(16-20-10-6-5-7-11-20)21-13-19(3)23(4)15-18(21)2/h5-7,10-11,17-19,21H,8-9,12-13,15-16H2,1-4H3/p+2. The number of hydrogen-bond donors (Lipinski definition) is 2. The van der Waals surface area contributed by atoms with Gasteiger partial charge in [-0.2, -0.15) is 5.26 Å². The van der Waals surface area contributed by atoms with Gasteiger partial charge in [-0.3, -0.25) is 0 Å². The molecule has 6 atom stereocenters. The number of nitrogens with one attached hydrogen (secondary N) is 2. The zero-order valence-electron chi connectivity index (χ0n) is 15.9. The average molecular weight is 330 g/mol. The molecule has 1 fully saturated rings. The van der Waals surface area contributed by atoms with Crippen molar-refractivity contribution in [1.82, 2.24) is 0 Å². The first-order chi connectivity index (χ1) is 11.5. The van der Waals surface area contributed by atoms with Crippen LogP contribution in [0.4, 0.5) is 0 Å². The molecule has 3 nitrogen and oxygen atoms in total. The van der Waals surface area contributed by atoms with E-state index >= 15 is 0 Å². The van der Waals surface area contributed by atoms with E-state index in [4.69, 9.17) is 5.26 Å². The molecule has 1 aliphatic heterocycles. The van der Waals surface area contributed by atoms with Gasteiger partial charge in [-0.1, -0.05) is 37.3 Å². The third-order valence-electron chi connectivity index (χ3n) is 5.93. The fourth-order valence-electron chi connectivity index (χ4n) is 4.20. The van der Waals surface area contributed by atoms with Crippen LogP contribution in [-0.2, 0) is 6.54 Å². The molecule has 0 saturated carbocycles. The lowest BCUT2D eigenvalue weighted by atomic mass is 9.88. The summed E-state index contributed by atoms with van der Waals surface area (Å²) in [4.78, 5) is 3.40. The van der Waals surface area contributed by atoms with E-state index in [0.29, 0.717) is 0 Å². The summed E-state index contributed by atoms with van der Waals surface area (Å²) in [5.41, 5.74) is 1.44. The van der Waals surface area contributed by atoms with E-state index in [0.717, 1.165) is 37.4 Å². The lowest BCUT2D eigenvalue weighted by Gasteiger charge is -2.40. The van der Waals surface area contributed by atoms with Crippen LogP contribution in [0.3, 0.4) is 0 Å². The van der Waals surface area contributed by atoms with Crippen molar-refractivity contribution in [2.24, 2.45) is 11.8 Å². The second kappa shape index (κ2) is 9.20. The third kappa shape index (κ3) is 5.33. The predicted octanol–water partition coefficient (Wildman–Crippen LogP) is 1.32. The number of rotatable bonds is 7. The molecule has 1 aromatic rings. The second-order valence-electron chi connectivity index (χ2n) is 8.01. The number of quaternary nitrogens is 2. The molecule has 0 amide bonds. The van der Waals surface area contributed by atoms with Crippen molar-refractivity contribution in [3.05, 3.63) is 35.9 Å². The molecule has 2 N–H and O–H groups in total. The Hall–Kier alpha value is -1.37. The average Bonchev–Trinajstić information content (AvgIpc) is 2.58. The molecule has 0 bridgehead atoms. The van der Waals surface area contributed by atoms with E-state index in [1.807, 2.05) is 6.92 Å². The third-order valence-corrected chi connectivity index (χ3v) is 5.93. The molecular formula is C21H35N3+2. The fourth-order valence-corrected chi connectivity index (χ4v) is 4.20. The van der Waals surface area contributed by atoms with Crippen molar-refractivity contribution < 1.29 is 9.80 Å². The molecule has 0 aliphatic carbocycles. The number of nitriles is 1. The lowest BCUT2D eigenvalue weighted by molar-refractivity contribution is -0.975. The summed E-state index contributed by atoms with van der Waals surface area (Å²) in [5.74, 6) is 0.939. The van der Waals surface area contributed by atoms with Crippen molar-refractivity contribution in [1.29, 1.82) is 5.26 Å². The summed E-state index contributed by atoms with van der Waals surface area (Å²) in [6, 6.07) is 14.8. The van der Waals surface area contributed by atoms with Crippen LogP contribution in [0.5, 0.6) is 0 Å². The molecule has 0 aromatic heterocycles. The molecule has 2 rings (SSSR count). The van der Waals surface area contributed by atoms with Crippen LogP contribution in [0.2, 0.25) is 0 Å². The Balaban J connectivity index is 2.05. The summed E-state index contributed by atoms with van der Waals surface area (Å²) in [6.45, 7) is 10.4. The molecule has 1 heterocycles. The highest BCUT2D eigenvalue weighted by Crippen LogP contribution is 2.11. The summed E-state index contributed by atoms with van der Waals surface area (Å²) in [6.07, 6.45) is 3.48. The number of nitrogens with zero attached hydrogens (tertiary/aromatic N) is 1. The minimum Gasteiger partial charge on any atom is -0.335 e. The second-order valence-corrected chi connectivity index (χ2v) is 8.01. The van der Waals surface area contributed by atoms with Gasteiger partial charge < -0.3 is 9.80 Å². The monoisotopic (exact) mass is 329 g/mol. The molecule has 24 heavy (non-hydrogen) atoms. The van der Waals surface area contributed by atoms with Crippen molar-refractivity contribution >= 4 is 0 Å². The van der Waals surface area contributed by atoms with Crippen LogP contribution in [0.25, 0.3) is 0 Å². The molecule has 6 unspecified atom stereocenters. The SMILES string of the molecule is CC(C#N)CCC[NH+](Cc1ccccc1)C1CC(C)[NH+](C)CC1C. The van der Waals surface area contributed by atoms with Crippen LogP contribution in [0.15, 0.2) is 30.3 Å². The van der Waals surface area contributed by atoms with Crippen LogP contribution >= 0.6 is 0 Å². The normalized spacial score (nSPS) is 29.6. The van der Waals surface area contributed by atoms with Gasteiger partial charge in [0, 0.05) is 11.5 Å². The Kier molecular flexibility index (Phi) is 7.27.